The molecular formula is C17H22N2O4. The molecule has 23 heavy (non-hydrogen) atoms. The molecule has 2 heterocycles. The topological polar surface area (TPSA) is 78.9 Å². The van der Waals surface area contributed by atoms with Crippen LogP contribution >= 0.6 is 0 Å². The molecule has 2 aliphatic heterocycles. The Labute approximate surface area is 135 Å². The van der Waals surface area contributed by atoms with Gasteiger partial charge in [-0.05, 0) is 30.9 Å². The van der Waals surface area contributed by atoms with E-state index in [-0.39, 0.29) is 18.9 Å². The van der Waals surface area contributed by atoms with Crippen molar-refractivity contribution in [1.29, 1.82) is 0 Å². The Morgan fingerprint density at radius 2 is 2.00 bits per heavy atom. The van der Waals surface area contributed by atoms with Crippen molar-refractivity contribution in [3.8, 4) is 0 Å². The van der Waals surface area contributed by atoms with Gasteiger partial charge in [-0.2, -0.15) is 0 Å². The third-order valence-corrected chi connectivity index (χ3v) is 4.66. The minimum absolute atomic E-state index is 0.0569. The third-order valence-electron chi connectivity index (χ3n) is 4.66. The number of carboxylic acids is 1. The summed E-state index contributed by atoms with van der Waals surface area (Å²) in [6.45, 7) is 2.06. The van der Waals surface area contributed by atoms with Crippen molar-refractivity contribution in [3.05, 3.63) is 29.8 Å². The number of nitrogens with zero attached hydrogens (tertiary/aromatic N) is 1. The number of anilines is 1. The average molecular weight is 318 g/mol. The summed E-state index contributed by atoms with van der Waals surface area (Å²) in [6.07, 6.45) is 1.97. The molecule has 6 heteroatoms. The first-order chi connectivity index (χ1) is 11.1. The molecule has 124 valence electrons. The lowest BCUT2D eigenvalue weighted by Gasteiger charge is -2.37. The molecule has 0 unspecified atom stereocenters. The Hall–Kier alpha value is -2.08. The molecule has 1 fully saturated rings. The highest BCUT2D eigenvalue weighted by molar-refractivity contribution is 5.83. The highest BCUT2D eigenvalue weighted by Gasteiger charge is 2.36. The first-order valence-electron chi connectivity index (χ1n) is 8.01. The van der Waals surface area contributed by atoms with Crippen LogP contribution in [0.2, 0.25) is 0 Å². The van der Waals surface area contributed by atoms with Crippen molar-refractivity contribution < 1.29 is 19.4 Å². The van der Waals surface area contributed by atoms with E-state index in [2.05, 4.69) is 16.3 Å². The molecule has 1 aromatic rings. The Balaban J connectivity index is 1.65. The van der Waals surface area contributed by atoms with Crippen molar-refractivity contribution in [2.75, 3.05) is 31.2 Å². The van der Waals surface area contributed by atoms with Gasteiger partial charge in [0.15, 0.2) is 0 Å². The van der Waals surface area contributed by atoms with Crippen LogP contribution in [0.25, 0.3) is 0 Å². The zero-order valence-corrected chi connectivity index (χ0v) is 13.1. The molecule has 0 atom stereocenters. The minimum atomic E-state index is -0.890. The maximum Gasteiger partial charge on any atom is 0.305 e. The summed E-state index contributed by atoms with van der Waals surface area (Å²) in [7, 11) is 0. The van der Waals surface area contributed by atoms with Crippen molar-refractivity contribution in [1.82, 2.24) is 5.32 Å². The van der Waals surface area contributed by atoms with Gasteiger partial charge >= 0.3 is 5.97 Å². The number of hydrogen-bond donors (Lipinski definition) is 2. The van der Waals surface area contributed by atoms with Gasteiger partial charge in [0, 0.05) is 25.4 Å². The van der Waals surface area contributed by atoms with E-state index in [0.29, 0.717) is 26.1 Å². The molecule has 0 spiro atoms. The van der Waals surface area contributed by atoms with Crippen LogP contribution in [0.1, 0.15) is 24.8 Å². The summed E-state index contributed by atoms with van der Waals surface area (Å²) < 4.78 is 5.31. The van der Waals surface area contributed by atoms with Gasteiger partial charge in [0.25, 0.3) is 0 Å². The second-order valence-electron chi connectivity index (χ2n) is 6.31. The number of rotatable bonds is 5. The largest absolute Gasteiger partial charge is 0.481 e. The number of nitrogens with one attached hydrogen (secondary N) is 1. The van der Waals surface area contributed by atoms with Gasteiger partial charge in [0.1, 0.15) is 0 Å². The summed E-state index contributed by atoms with van der Waals surface area (Å²) in [4.78, 5) is 25.7. The van der Waals surface area contributed by atoms with E-state index >= 15 is 0 Å². The van der Waals surface area contributed by atoms with Crippen LogP contribution in [-0.4, -0.2) is 48.8 Å². The smallest absolute Gasteiger partial charge is 0.305 e. The quantitative estimate of drug-likeness (QED) is 0.852. The lowest BCUT2D eigenvalue weighted by atomic mass is 9.86. The SMILES string of the molecule is O=C(O)CC1(NC(=O)CN2CCc3ccccc32)CCOCC1. The van der Waals surface area contributed by atoms with E-state index in [4.69, 9.17) is 9.84 Å². The van der Waals surface area contributed by atoms with Gasteiger partial charge in [0.2, 0.25) is 5.91 Å². The third kappa shape index (κ3) is 3.64. The summed E-state index contributed by atoms with van der Waals surface area (Å²) in [5.41, 5.74) is 1.67. The lowest BCUT2D eigenvalue weighted by molar-refractivity contribution is -0.140. The molecule has 0 aromatic heterocycles. The number of amides is 1. The number of carboxylic acid groups (broad SMARTS) is 1. The highest BCUT2D eigenvalue weighted by Crippen LogP contribution is 2.28. The normalized spacial score (nSPS) is 19.2. The zero-order chi connectivity index (χ0) is 16.3. The lowest BCUT2D eigenvalue weighted by Crippen LogP contribution is -2.55. The maximum absolute atomic E-state index is 12.5. The molecule has 0 aliphatic carbocycles. The molecule has 0 bridgehead atoms. The number of benzene rings is 1. The van der Waals surface area contributed by atoms with Gasteiger partial charge in [-0.1, -0.05) is 18.2 Å². The van der Waals surface area contributed by atoms with Gasteiger partial charge in [0.05, 0.1) is 18.5 Å². The second kappa shape index (κ2) is 6.58. The van der Waals surface area contributed by atoms with E-state index in [1.165, 1.54) is 5.56 Å². The predicted molar refractivity (Wildman–Crippen MR) is 85.5 cm³/mol. The molecule has 1 saturated heterocycles. The van der Waals surface area contributed by atoms with Crippen molar-refractivity contribution in [3.63, 3.8) is 0 Å². The first-order valence-corrected chi connectivity index (χ1v) is 8.01. The van der Waals surface area contributed by atoms with Gasteiger partial charge < -0.3 is 20.1 Å². The molecule has 3 rings (SSSR count). The predicted octanol–water partition coefficient (Wildman–Crippen LogP) is 1.19. The van der Waals surface area contributed by atoms with Crippen LogP contribution in [0.15, 0.2) is 24.3 Å². The van der Waals surface area contributed by atoms with Gasteiger partial charge in [-0.3, -0.25) is 9.59 Å². The minimum Gasteiger partial charge on any atom is -0.481 e. The molecule has 6 nitrogen and oxygen atoms in total. The number of carbonyl (C=O) groups excluding carboxylic acids is 1. The number of carbonyl (C=O) groups is 2. The molecule has 2 aliphatic rings. The average Bonchev–Trinajstić information content (AvgIpc) is 2.90. The second-order valence-corrected chi connectivity index (χ2v) is 6.31. The van der Waals surface area contributed by atoms with Gasteiger partial charge in [-0.15, -0.1) is 0 Å². The zero-order valence-electron chi connectivity index (χ0n) is 13.1. The van der Waals surface area contributed by atoms with Crippen LogP contribution in [0.4, 0.5) is 5.69 Å². The van der Waals surface area contributed by atoms with Crippen molar-refractivity contribution in [2.45, 2.75) is 31.2 Å². The molecule has 1 amide bonds. The van der Waals surface area contributed by atoms with Crippen LogP contribution in [0, 0.1) is 0 Å². The number of fused-ring (bicyclic) bond motifs is 1. The van der Waals surface area contributed by atoms with Crippen molar-refractivity contribution >= 4 is 17.6 Å². The van der Waals surface area contributed by atoms with Crippen LogP contribution < -0.4 is 10.2 Å². The maximum atomic E-state index is 12.5. The Bertz CT molecular complexity index is 596. The van der Waals surface area contributed by atoms with E-state index in [9.17, 15) is 9.59 Å². The number of para-hydroxylation sites is 1. The number of ether oxygens (including phenoxy) is 1. The molecule has 0 radical (unpaired) electrons. The Kier molecular flexibility index (Phi) is 4.52. The monoisotopic (exact) mass is 318 g/mol. The Morgan fingerprint density at radius 1 is 1.26 bits per heavy atom. The molecular weight excluding hydrogens is 296 g/mol. The number of hydrogen-bond acceptors (Lipinski definition) is 4. The Morgan fingerprint density at radius 3 is 2.74 bits per heavy atom. The molecule has 2 N–H and O–H groups in total. The highest BCUT2D eigenvalue weighted by atomic mass is 16.5. The first kappa shape index (κ1) is 15.8. The van der Waals surface area contributed by atoms with Crippen LogP contribution in [0.5, 0.6) is 0 Å². The summed E-state index contributed by atoms with van der Waals surface area (Å²) >= 11 is 0. The summed E-state index contributed by atoms with van der Waals surface area (Å²) in [5.74, 6) is -1.01. The fourth-order valence-corrected chi connectivity index (χ4v) is 3.48. The van der Waals surface area contributed by atoms with Crippen LogP contribution in [-0.2, 0) is 20.7 Å². The number of aliphatic carboxylic acids is 1. The van der Waals surface area contributed by atoms with Gasteiger partial charge in [-0.25, -0.2) is 0 Å². The van der Waals surface area contributed by atoms with Crippen LogP contribution in [0.3, 0.4) is 0 Å². The van der Waals surface area contributed by atoms with E-state index in [1.807, 2.05) is 18.2 Å². The fourth-order valence-electron chi connectivity index (χ4n) is 3.48. The van der Waals surface area contributed by atoms with E-state index in [0.717, 1.165) is 18.7 Å². The van der Waals surface area contributed by atoms with E-state index in [1.54, 1.807) is 0 Å². The van der Waals surface area contributed by atoms with E-state index < -0.39 is 11.5 Å². The standard InChI is InChI=1S/C17H22N2O4/c20-15(12-19-8-5-13-3-1-2-4-14(13)19)18-17(11-16(21)22)6-9-23-10-7-17/h1-4H,5-12H2,(H,18,20)(H,21,22). The molecule has 0 saturated carbocycles. The summed E-state index contributed by atoms with van der Waals surface area (Å²) in [6, 6.07) is 8.08. The summed E-state index contributed by atoms with van der Waals surface area (Å²) in [5, 5.41) is 12.1. The fraction of sp³-hybridized carbons (Fsp3) is 0.529. The molecule has 1 aromatic carbocycles. The van der Waals surface area contributed by atoms with Crippen molar-refractivity contribution in [2.24, 2.45) is 0 Å².